The second-order valence-corrected chi connectivity index (χ2v) is 4.18. The second kappa shape index (κ2) is 8.58. The predicted octanol–water partition coefficient (Wildman–Crippen LogP) is 1.95. The van der Waals surface area contributed by atoms with Crippen molar-refractivity contribution in [1.82, 2.24) is 5.32 Å². The monoisotopic (exact) mass is 279 g/mol. The molecule has 0 aromatic carbocycles. The van der Waals surface area contributed by atoms with Crippen molar-refractivity contribution in [1.29, 1.82) is 0 Å². The molecule has 0 rings (SSSR count). The summed E-state index contributed by atoms with van der Waals surface area (Å²) in [4.78, 5) is 21.8. The first-order valence-corrected chi connectivity index (χ1v) is 6.05. The van der Waals surface area contributed by atoms with Crippen LogP contribution in [-0.4, -0.2) is 34.7 Å². The van der Waals surface area contributed by atoms with Crippen molar-refractivity contribution < 1.29 is 28.6 Å². The number of carboxylic acids is 2. The molecule has 0 amide bonds. The topological polar surface area (TPSA) is 86.6 Å². The smallest absolute Gasteiger partial charge is 0.320 e. The molecule has 0 aromatic heterocycles. The van der Waals surface area contributed by atoms with Crippen LogP contribution in [-0.2, 0) is 9.59 Å². The molecule has 0 spiro atoms. The third-order valence-electron chi connectivity index (χ3n) is 2.92. The summed E-state index contributed by atoms with van der Waals surface area (Å²) in [7, 11) is 0. The van der Waals surface area contributed by atoms with Crippen molar-refractivity contribution >= 4 is 11.9 Å². The van der Waals surface area contributed by atoms with Crippen molar-refractivity contribution in [2.45, 2.75) is 32.7 Å². The molecule has 0 bridgehead atoms. The van der Waals surface area contributed by atoms with Gasteiger partial charge < -0.3 is 15.5 Å². The van der Waals surface area contributed by atoms with Crippen LogP contribution in [0.2, 0.25) is 0 Å². The number of carbonyl (C=O) groups is 2. The van der Waals surface area contributed by atoms with Crippen molar-refractivity contribution in [2.75, 3.05) is 6.54 Å². The number of aliphatic carboxylic acids is 2. The van der Waals surface area contributed by atoms with E-state index in [-0.39, 0.29) is 19.4 Å². The SMILES string of the molecule is CC[C@H](NCC(C=C(F)F)[C@H](CC)C(=O)O)C(=O)O. The predicted molar refractivity (Wildman–Crippen MR) is 64.9 cm³/mol. The van der Waals surface area contributed by atoms with Crippen LogP contribution in [0.1, 0.15) is 26.7 Å². The Morgan fingerprint density at radius 1 is 1.16 bits per heavy atom. The van der Waals surface area contributed by atoms with Gasteiger partial charge in [-0.2, -0.15) is 8.78 Å². The molecule has 0 aliphatic heterocycles. The highest BCUT2D eigenvalue weighted by Crippen LogP contribution is 2.20. The highest BCUT2D eigenvalue weighted by Gasteiger charge is 2.27. The zero-order valence-electron chi connectivity index (χ0n) is 10.9. The molecule has 1 unspecified atom stereocenters. The quantitative estimate of drug-likeness (QED) is 0.600. The fourth-order valence-corrected chi connectivity index (χ4v) is 1.82. The molecule has 5 nitrogen and oxygen atoms in total. The fourth-order valence-electron chi connectivity index (χ4n) is 1.82. The zero-order valence-corrected chi connectivity index (χ0v) is 10.9. The van der Waals surface area contributed by atoms with Crippen molar-refractivity contribution in [3.63, 3.8) is 0 Å². The Labute approximate surface area is 110 Å². The van der Waals surface area contributed by atoms with E-state index in [0.29, 0.717) is 6.08 Å². The maximum Gasteiger partial charge on any atom is 0.320 e. The summed E-state index contributed by atoms with van der Waals surface area (Å²) in [5, 5.41) is 20.4. The van der Waals surface area contributed by atoms with E-state index in [1.54, 1.807) is 13.8 Å². The zero-order chi connectivity index (χ0) is 15.0. The van der Waals surface area contributed by atoms with Crippen LogP contribution in [0.25, 0.3) is 0 Å². The highest BCUT2D eigenvalue weighted by molar-refractivity contribution is 5.73. The molecule has 0 aromatic rings. The molecule has 3 N–H and O–H groups in total. The molecule has 19 heavy (non-hydrogen) atoms. The van der Waals surface area contributed by atoms with Crippen molar-refractivity contribution in [3.8, 4) is 0 Å². The first kappa shape index (κ1) is 17.5. The van der Waals surface area contributed by atoms with Crippen LogP contribution in [0.4, 0.5) is 8.78 Å². The third kappa shape index (κ3) is 6.28. The van der Waals surface area contributed by atoms with Gasteiger partial charge in [-0.1, -0.05) is 13.8 Å². The maximum absolute atomic E-state index is 12.3. The minimum Gasteiger partial charge on any atom is -0.481 e. The Morgan fingerprint density at radius 2 is 1.74 bits per heavy atom. The van der Waals surface area contributed by atoms with E-state index in [4.69, 9.17) is 10.2 Å². The lowest BCUT2D eigenvalue weighted by Crippen LogP contribution is -2.41. The minimum absolute atomic E-state index is 0.118. The minimum atomic E-state index is -1.96. The summed E-state index contributed by atoms with van der Waals surface area (Å²) in [6, 6.07) is -0.870. The number of hydrogen-bond donors (Lipinski definition) is 3. The van der Waals surface area contributed by atoms with Crippen LogP contribution in [0, 0.1) is 11.8 Å². The molecule has 110 valence electrons. The van der Waals surface area contributed by atoms with Gasteiger partial charge in [-0.25, -0.2) is 0 Å². The van der Waals surface area contributed by atoms with Crippen LogP contribution in [0.15, 0.2) is 12.2 Å². The van der Waals surface area contributed by atoms with Gasteiger partial charge in [0.2, 0.25) is 0 Å². The third-order valence-corrected chi connectivity index (χ3v) is 2.92. The molecular weight excluding hydrogens is 260 g/mol. The first-order chi connectivity index (χ1) is 8.83. The molecule has 0 fully saturated rings. The highest BCUT2D eigenvalue weighted by atomic mass is 19.3. The lowest BCUT2D eigenvalue weighted by atomic mass is 9.89. The summed E-state index contributed by atoms with van der Waals surface area (Å²) < 4.78 is 24.7. The maximum atomic E-state index is 12.3. The molecule has 3 atom stereocenters. The Kier molecular flexibility index (Phi) is 7.90. The van der Waals surface area contributed by atoms with Gasteiger partial charge in [-0.05, 0) is 18.9 Å². The molecule has 0 heterocycles. The van der Waals surface area contributed by atoms with Gasteiger partial charge in [-0.15, -0.1) is 0 Å². The summed E-state index contributed by atoms with van der Waals surface area (Å²) in [6.07, 6.45) is -0.915. The van der Waals surface area contributed by atoms with E-state index in [1.165, 1.54) is 0 Å². The number of halogens is 2. The second-order valence-electron chi connectivity index (χ2n) is 4.18. The van der Waals surface area contributed by atoms with Gasteiger partial charge in [0.15, 0.2) is 0 Å². The van der Waals surface area contributed by atoms with Gasteiger partial charge >= 0.3 is 11.9 Å². The standard InChI is InChI=1S/C12H19F2NO4/c1-3-8(11(16)17)7(5-10(13)14)6-15-9(4-2)12(18)19/h5,7-9,15H,3-4,6H2,1-2H3,(H,16,17)(H,18,19)/t7?,8-,9-/m0/s1. The Hall–Kier alpha value is -1.50. The fraction of sp³-hybridized carbons (Fsp3) is 0.667. The average molecular weight is 279 g/mol. The van der Waals surface area contributed by atoms with Crippen LogP contribution in [0.5, 0.6) is 0 Å². The molecule has 0 aliphatic rings. The van der Waals surface area contributed by atoms with Gasteiger partial charge in [-0.3, -0.25) is 9.59 Å². The largest absolute Gasteiger partial charge is 0.481 e. The first-order valence-electron chi connectivity index (χ1n) is 6.05. The number of rotatable bonds is 9. The van der Waals surface area contributed by atoms with Gasteiger partial charge in [0.25, 0.3) is 6.08 Å². The molecule has 7 heteroatoms. The van der Waals surface area contributed by atoms with E-state index < -0.39 is 35.9 Å². The molecular formula is C12H19F2NO4. The lowest BCUT2D eigenvalue weighted by Gasteiger charge is -2.22. The number of hydrogen-bond acceptors (Lipinski definition) is 3. The Morgan fingerprint density at radius 3 is 2.05 bits per heavy atom. The van der Waals surface area contributed by atoms with E-state index in [0.717, 1.165) is 0 Å². The van der Waals surface area contributed by atoms with E-state index in [1.807, 2.05) is 0 Å². The molecule has 0 radical (unpaired) electrons. The Balaban J connectivity index is 4.82. The van der Waals surface area contributed by atoms with Crippen LogP contribution < -0.4 is 5.32 Å². The summed E-state index contributed by atoms with van der Waals surface area (Å²) in [5.74, 6) is -4.18. The average Bonchev–Trinajstić information content (AvgIpc) is 2.28. The van der Waals surface area contributed by atoms with E-state index in [9.17, 15) is 18.4 Å². The van der Waals surface area contributed by atoms with Gasteiger partial charge in [0, 0.05) is 12.5 Å². The molecule has 0 saturated carbocycles. The number of nitrogens with one attached hydrogen (secondary N) is 1. The lowest BCUT2D eigenvalue weighted by molar-refractivity contribution is -0.143. The van der Waals surface area contributed by atoms with Gasteiger partial charge in [0.1, 0.15) is 6.04 Å². The molecule has 0 saturated heterocycles. The summed E-state index contributed by atoms with van der Waals surface area (Å²) in [6.45, 7) is 3.11. The van der Waals surface area contributed by atoms with Crippen LogP contribution in [0.3, 0.4) is 0 Å². The molecule has 0 aliphatic carbocycles. The summed E-state index contributed by atoms with van der Waals surface area (Å²) >= 11 is 0. The normalized spacial score (nSPS) is 15.4. The Bertz CT molecular complexity index is 343. The van der Waals surface area contributed by atoms with Gasteiger partial charge in [0.05, 0.1) is 5.92 Å². The van der Waals surface area contributed by atoms with E-state index >= 15 is 0 Å². The summed E-state index contributed by atoms with van der Waals surface area (Å²) in [5.41, 5.74) is 0. The number of carboxylic acid groups (broad SMARTS) is 2. The van der Waals surface area contributed by atoms with Crippen molar-refractivity contribution in [2.24, 2.45) is 11.8 Å². The van der Waals surface area contributed by atoms with Crippen LogP contribution >= 0.6 is 0 Å². The van der Waals surface area contributed by atoms with E-state index in [2.05, 4.69) is 5.32 Å². The van der Waals surface area contributed by atoms with Crippen molar-refractivity contribution in [3.05, 3.63) is 12.2 Å².